The number of anilines is 1. The van der Waals surface area contributed by atoms with Crippen LogP contribution in [0.3, 0.4) is 0 Å². The molecule has 0 aliphatic carbocycles. The lowest BCUT2D eigenvalue weighted by Crippen LogP contribution is -2.40. The average molecular weight is 472 g/mol. The molecule has 1 saturated heterocycles. The third kappa shape index (κ3) is 5.56. The number of carbonyl (C=O) groups is 2. The number of pyridine rings is 1. The standard InChI is InChI=1S/C19H19ClFN3O6S/c1-12(18(25)23-17-5-2-13(20)11-22-17)30-19(26)15-10-14(3-4-16(15)21)31(27,28)24-6-8-29-9-7-24/h2-5,10-12H,6-9H2,1H3,(H,22,23,25). The fourth-order valence-electron chi connectivity index (χ4n) is 2.71. The van der Waals surface area contributed by atoms with Crippen LogP contribution >= 0.6 is 11.6 Å². The van der Waals surface area contributed by atoms with Crippen molar-refractivity contribution in [3.63, 3.8) is 0 Å². The predicted molar refractivity (Wildman–Crippen MR) is 109 cm³/mol. The Kier molecular flexibility index (Phi) is 7.21. The quantitative estimate of drug-likeness (QED) is 0.641. The van der Waals surface area contributed by atoms with Crippen molar-refractivity contribution in [1.82, 2.24) is 9.29 Å². The van der Waals surface area contributed by atoms with E-state index in [1.807, 2.05) is 0 Å². The normalized spacial score (nSPS) is 15.8. The van der Waals surface area contributed by atoms with Crippen molar-refractivity contribution in [2.24, 2.45) is 0 Å². The predicted octanol–water partition coefficient (Wildman–Crippen LogP) is 2.08. The van der Waals surface area contributed by atoms with E-state index in [2.05, 4.69) is 10.3 Å². The molecule has 1 aliphatic rings. The number of hydrogen-bond acceptors (Lipinski definition) is 7. The number of aromatic nitrogens is 1. The molecule has 1 unspecified atom stereocenters. The topological polar surface area (TPSA) is 115 Å². The van der Waals surface area contributed by atoms with Gasteiger partial charge in [-0.3, -0.25) is 4.79 Å². The fraction of sp³-hybridized carbons (Fsp3) is 0.316. The van der Waals surface area contributed by atoms with E-state index in [1.165, 1.54) is 29.6 Å². The maximum Gasteiger partial charge on any atom is 0.341 e. The summed E-state index contributed by atoms with van der Waals surface area (Å²) in [5.74, 6) is -2.68. The van der Waals surface area contributed by atoms with Crippen LogP contribution in [0.4, 0.5) is 10.2 Å². The second kappa shape index (κ2) is 9.69. The first-order valence-corrected chi connectivity index (χ1v) is 11.0. The highest BCUT2D eigenvalue weighted by Crippen LogP contribution is 2.21. The molecule has 1 aromatic carbocycles. The van der Waals surface area contributed by atoms with Gasteiger partial charge in [0.1, 0.15) is 11.6 Å². The lowest BCUT2D eigenvalue weighted by Gasteiger charge is -2.26. The van der Waals surface area contributed by atoms with E-state index in [-0.39, 0.29) is 37.0 Å². The van der Waals surface area contributed by atoms with Crippen LogP contribution in [0.15, 0.2) is 41.4 Å². The highest BCUT2D eigenvalue weighted by molar-refractivity contribution is 7.89. The number of amides is 1. The third-order valence-corrected chi connectivity index (χ3v) is 6.52. The smallest absolute Gasteiger partial charge is 0.341 e. The SMILES string of the molecule is CC(OC(=O)c1cc(S(=O)(=O)N2CCOCC2)ccc1F)C(=O)Nc1ccc(Cl)cn1. The number of morpholine rings is 1. The summed E-state index contributed by atoms with van der Waals surface area (Å²) in [5, 5.41) is 2.80. The summed E-state index contributed by atoms with van der Waals surface area (Å²) >= 11 is 5.72. The molecule has 1 aliphatic heterocycles. The van der Waals surface area contributed by atoms with Crippen molar-refractivity contribution in [2.75, 3.05) is 31.6 Å². The molecule has 0 saturated carbocycles. The van der Waals surface area contributed by atoms with Gasteiger partial charge in [0.2, 0.25) is 10.0 Å². The number of ether oxygens (including phenoxy) is 2. The highest BCUT2D eigenvalue weighted by Gasteiger charge is 2.29. The third-order valence-electron chi connectivity index (χ3n) is 4.40. The Bertz CT molecular complexity index is 1070. The van der Waals surface area contributed by atoms with Crippen molar-refractivity contribution < 1.29 is 31.9 Å². The number of sulfonamides is 1. The van der Waals surface area contributed by atoms with Gasteiger partial charge in [0.15, 0.2) is 6.10 Å². The summed E-state index contributed by atoms with van der Waals surface area (Å²) in [6.07, 6.45) is 0.0211. The summed E-state index contributed by atoms with van der Waals surface area (Å²) in [6, 6.07) is 5.80. The van der Waals surface area contributed by atoms with Crippen LogP contribution in [0.25, 0.3) is 0 Å². The van der Waals surface area contributed by atoms with Crippen LogP contribution in [-0.4, -0.2) is 62.0 Å². The zero-order valence-corrected chi connectivity index (χ0v) is 18.0. The van der Waals surface area contributed by atoms with Crippen molar-refractivity contribution in [3.05, 3.63) is 52.9 Å². The number of hydrogen-bond donors (Lipinski definition) is 1. The number of rotatable bonds is 6. The monoisotopic (exact) mass is 471 g/mol. The zero-order chi connectivity index (χ0) is 22.6. The van der Waals surface area contributed by atoms with Gasteiger partial charge in [-0.2, -0.15) is 4.31 Å². The van der Waals surface area contributed by atoms with Crippen LogP contribution < -0.4 is 5.32 Å². The number of nitrogens with zero attached hydrogens (tertiary/aromatic N) is 2. The van der Waals surface area contributed by atoms with E-state index in [0.29, 0.717) is 5.02 Å². The first kappa shape index (κ1) is 23.1. The summed E-state index contributed by atoms with van der Waals surface area (Å²) in [7, 11) is -3.94. The van der Waals surface area contributed by atoms with E-state index in [0.717, 1.165) is 18.2 Å². The van der Waals surface area contributed by atoms with E-state index in [1.54, 1.807) is 0 Å². The molecular weight excluding hydrogens is 453 g/mol. The molecule has 2 heterocycles. The van der Waals surface area contributed by atoms with Gasteiger partial charge in [-0.25, -0.2) is 22.6 Å². The second-order valence-electron chi connectivity index (χ2n) is 6.56. The molecule has 2 aromatic rings. The number of nitrogens with one attached hydrogen (secondary N) is 1. The molecule has 1 aromatic heterocycles. The Morgan fingerprint density at radius 1 is 1.26 bits per heavy atom. The maximum atomic E-state index is 14.2. The maximum absolute atomic E-state index is 14.2. The average Bonchev–Trinajstić information content (AvgIpc) is 2.76. The minimum atomic E-state index is -3.94. The van der Waals surface area contributed by atoms with E-state index >= 15 is 0 Å². The largest absolute Gasteiger partial charge is 0.449 e. The molecule has 3 rings (SSSR count). The Hall–Kier alpha value is -2.60. The minimum absolute atomic E-state index is 0.148. The van der Waals surface area contributed by atoms with E-state index in [4.69, 9.17) is 21.1 Å². The minimum Gasteiger partial charge on any atom is -0.449 e. The summed E-state index contributed by atoms with van der Waals surface area (Å²) < 4.78 is 51.1. The van der Waals surface area contributed by atoms with Gasteiger partial charge >= 0.3 is 5.97 Å². The van der Waals surface area contributed by atoms with Gasteiger partial charge in [-0.15, -0.1) is 0 Å². The molecule has 12 heteroatoms. The Balaban J connectivity index is 1.72. The molecule has 0 bridgehead atoms. The Labute approximate surface area is 183 Å². The fourth-order valence-corrected chi connectivity index (χ4v) is 4.26. The highest BCUT2D eigenvalue weighted by atomic mass is 35.5. The summed E-state index contributed by atoms with van der Waals surface area (Å²) in [5.41, 5.74) is -0.599. The molecule has 31 heavy (non-hydrogen) atoms. The van der Waals surface area contributed by atoms with Crippen molar-refractivity contribution in [3.8, 4) is 0 Å². The first-order chi connectivity index (χ1) is 14.7. The molecule has 1 N–H and O–H groups in total. The van der Waals surface area contributed by atoms with Crippen LogP contribution in [0.1, 0.15) is 17.3 Å². The van der Waals surface area contributed by atoms with Crippen LogP contribution in [0, 0.1) is 5.82 Å². The summed E-state index contributed by atoms with van der Waals surface area (Å²) in [4.78, 5) is 28.3. The van der Waals surface area contributed by atoms with Gasteiger partial charge in [0.25, 0.3) is 5.91 Å². The van der Waals surface area contributed by atoms with Crippen LogP contribution in [0.5, 0.6) is 0 Å². The van der Waals surface area contributed by atoms with Crippen molar-refractivity contribution in [1.29, 1.82) is 0 Å². The number of benzene rings is 1. The Morgan fingerprint density at radius 3 is 2.61 bits per heavy atom. The number of halogens is 2. The Morgan fingerprint density at radius 2 is 1.97 bits per heavy atom. The molecule has 1 amide bonds. The van der Waals surface area contributed by atoms with Crippen molar-refractivity contribution >= 4 is 39.3 Å². The molecule has 0 radical (unpaired) electrons. The van der Waals surface area contributed by atoms with Gasteiger partial charge < -0.3 is 14.8 Å². The van der Waals surface area contributed by atoms with Crippen molar-refractivity contribution in [2.45, 2.75) is 17.9 Å². The van der Waals surface area contributed by atoms with E-state index in [9.17, 15) is 22.4 Å². The molecular formula is C19H19ClFN3O6S. The molecule has 0 spiro atoms. The molecule has 1 fully saturated rings. The van der Waals surface area contributed by atoms with Crippen LogP contribution in [-0.2, 0) is 24.3 Å². The van der Waals surface area contributed by atoms with Crippen LogP contribution in [0.2, 0.25) is 5.02 Å². The second-order valence-corrected chi connectivity index (χ2v) is 8.93. The van der Waals surface area contributed by atoms with Gasteiger partial charge in [-0.05, 0) is 37.3 Å². The van der Waals surface area contributed by atoms with E-state index < -0.39 is 39.4 Å². The molecule has 166 valence electrons. The summed E-state index contributed by atoms with van der Waals surface area (Å²) in [6.45, 7) is 2.06. The molecule has 1 atom stereocenters. The van der Waals surface area contributed by atoms with Gasteiger partial charge in [-0.1, -0.05) is 11.6 Å². The zero-order valence-electron chi connectivity index (χ0n) is 16.4. The lowest BCUT2D eigenvalue weighted by molar-refractivity contribution is -0.123. The lowest BCUT2D eigenvalue weighted by atomic mass is 10.2. The number of esters is 1. The van der Waals surface area contributed by atoms with Gasteiger partial charge in [0, 0.05) is 19.3 Å². The number of carbonyl (C=O) groups excluding carboxylic acids is 2. The molecule has 9 nitrogen and oxygen atoms in total. The van der Waals surface area contributed by atoms with Gasteiger partial charge in [0.05, 0.1) is 28.7 Å². The first-order valence-electron chi connectivity index (χ1n) is 9.19.